The molecule has 0 spiro atoms. The second-order valence-electron chi connectivity index (χ2n) is 2.87. The van der Waals surface area contributed by atoms with E-state index in [2.05, 4.69) is 0 Å². The Balaban J connectivity index is 2.56. The third-order valence-electron chi connectivity index (χ3n) is 1.55. The lowest BCUT2D eigenvalue weighted by Gasteiger charge is -2.57. The minimum absolute atomic E-state index is 0.190. The third kappa shape index (κ3) is 1.76. The maximum atomic E-state index is 9.61. The normalized spacial score (nSPS) is 36.3. The van der Waals surface area contributed by atoms with Crippen LogP contribution in [0.2, 0.25) is 0 Å². The zero-order valence-corrected chi connectivity index (χ0v) is 10.00. The molecule has 0 aromatic heterocycles. The first-order chi connectivity index (χ1) is 6.22. The summed E-state index contributed by atoms with van der Waals surface area (Å²) in [5, 5.41) is 5.40. The molecule has 0 unspecified atom stereocenters. The Morgan fingerprint density at radius 2 is 1.43 bits per heavy atom. The first kappa shape index (κ1) is 11.0. The van der Waals surface area contributed by atoms with E-state index in [1.54, 1.807) is 10.8 Å². The van der Waals surface area contributed by atoms with Gasteiger partial charge in [-0.15, -0.1) is 0 Å². The molecule has 2 heterocycles. The maximum Gasteiger partial charge on any atom is 0.121 e. The molecule has 2 aliphatic heterocycles. The van der Waals surface area contributed by atoms with E-state index < -0.39 is 9.42 Å². The molecule has 0 saturated heterocycles. The van der Waals surface area contributed by atoms with Gasteiger partial charge in [0.15, 0.2) is 0 Å². The van der Waals surface area contributed by atoms with Crippen LogP contribution in [-0.2, 0) is 0 Å². The van der Waals surface area contributed by atoms with Gasteiger partial charge in [-0.2, -0.15) is 0 Å². The van der Waals surface area contributed by atoms with Crippen molar-refractivity contribution in [2.24, 2.45) is 0 Å². The van der Waals surface area contributed by atoms with Crippen molar-refractivity contribution in [1.29, 1.82) is 0 Å². The van der Waals surface area contributed by atoms with Gasteiger partial charge >= 0.3 is 0 Å². The predicted molar refractivity (Wildman–Crippen MR) is 66.2 cm³/mol. The summed E-state index contributed by atoms with van der Waals surface area (Å²) in [6, 6.07) is 0. The fraction of sp³-hybridized carbons (Fsp3) is 0. The van der Waals surface area contributed by atoms with Gasteiger partial charge in [-0.1, -0.05) is 35.3 Å². The molecule has 0 aromatic carbocycles. The highest BCUT2D eigenvalue weighted by Crippen LogP contribution is 2.90. The van der Waals surface area contributed by atoms with Crippen molar-refractivity contribution in [3.8, 4) is 0 Å². The highest BCUT2D eigenvalue weighted by molar-refractivity contribution is 8.60. The van der Waals surface area contributed by atoms with E-state index in [1.807, 2.05) is 0 Å². The van der Waals surface area contributed by atoms with Gasteiger partial charge in [0.05, 0.1) is 13.7 Å². The van der Waals surface area contributed by atoms with Gasteiger partial charge in [-0.05, 0) is 16.2 Å². The standard InChI is InChI=1S/C6H8O4S4/c7-14(8,9,10)4-3-13-6(14)5-11-1-2-12-5/h1-4,7-10H. The number of hydrogen-bond acceptors (Lipinski definition) is 7. The molecule has 0 aromatic rings. The van der Waals surface area contributed by atoms with E-state index in [1.165, 1.54) is 28.9 Å². The summed E-state index contributed by atoms with van der Waals surface area (Å²) in [6.07, 6.45) is 0. The lowest BCUT2D eigenvalue weighted by atomic mass is 11.2. The first-order valence-electron chi connectivity index (χ1n) is 3.41. The Morgan fingerprint density at radius 3 is 1.86 bits per heavy atom. The van der Waals surface area contributed by atoms with Crippen LogP contribution in [0.1, 0.15) is 0 Å². The average molecular weight is 272 g/mol. The summed E-state index contributed by atoms with van der Waals surface area (Å²) in [7, 11) is -6.06. The highest BCUT2D eigenvalue weighted by Gasteiger charge is 2.57. The molecule has 0 saturated carbocycles. The molecule has 0 radical (unpaired) electrons. The second kappa shape index (κ2) is 2.58. The lowest BCUT2D eigenvalue weighted by molar-refractivity contribution is 0.231. The van der Waals surface area contributed by atoms with Gasteiger partial charge < -0.3 is 18.2 Å². The topological polar surface area (TPSA) is 80.9 Å². The van der Waals surface area contributed by atoms with Crippen LogP contribution in [-0.4, -0.2) is 18.2 Å². The lowest BCUT2D eigenvalue weighted by Crippen LogP contribution is -2.30. The highest BCUT2D eigenvalue weighted by atomic mass is 32.4. The number of thioether (sulfide) groups is 3. The predicted octanol–water partition coefficient (Wildman–Crippen LogP) is 4.05. The van der Waals surface area contributed by atoms with Gasteiger partial charge in [-0.25, -0.2) is 0 Å². The fourth-order valence-electron chi connectivity index (χ4n) is 0.941. The number of rotatable bonds is 0. The summed E-state index contributed by atoms with van der Waals surface area (Å²) < 4.78 is 38.7. The van der Waals surface area contributed by atoms with Crippen LogP contribution < -0.4 is 0 Å². The van der Waals surface area contributed by atoms with Crippen molar-refractivity contribution in [2.45, 2.75) is 0 Å². The van der Waals surface area contributed by atoms with Crippen molar-refractivity contribution >= 4 is 44.7 Å². The van der Waals surface area contributed by atoms with Crippen molar-refractivity contribution < 1.29 is 18.2 Å². The maximum absolute atomic E-state index is 9.61. The van der Waals surface area contributed by atoms with E-state index in [4.69, 9.17) is 0 Å². The van der Waals surface area contributed by atoms with E-state index in [-0.39, 0.29) is 4.24 Å². The Kier molecular flexibility index (Phi) is 2.02. The molecule has 2 aliphatic rings. The molecule has 0 bridgehead atoms. The van der Waals surface area contributed by atoms with Gasteiger partial charge in [0, 0.05) is 5.41 Å². The Bertz CT molecular complexity index is 377. The Hall–Kier alpha value is 0.460. The SMILES string of the molecule is OS1(O)(O)(O)C=CSC1=C1SC=CS1. The summed E-state index contributed by atoms with van der Waals surface area (Å²) >= 11 is 3.37. The molecular weight excluding hydrogens is 264 g/mol. The van der Waals surface area contributed by atoms with Gasteiger partial charge in [-0.3, -0.25) is 0 Å². The summed E-state index contributed by atoms with van der Waals surface area (Å²) in [5.74, 6) is 0. The van der Waals surface area contributed by atoms with Gasteiger partial charge in [0.1, 0.15) is 4.24 Å². The minimum Gasteiger partial charge on any atom is -0.303 e. The Labute approximate surface area is 92.9 Å². The van der Waals surface area contributed by atoms with Crippen molar-refractivity contribution in [3.05, 3.63) is 30.1 Å². The van der Waals surface area contributed by atoms with Crippen LogP contribution in [0.15, 0.2) is 30.1 Å². The molecule has 0 fully saturated rings. The molecule has 2 rings (SSSR count). The molecule has 4 N–H and O–H groups in total. The fourth-order valence-corrected chi connectivity index (χ4v) is 7.65. The van der Waals surface area contributed by atoms with Gasteiger partial charge in [0.25, 0.3) is 0 Å². The smallest absolute Gasteiger partial charge is 0.121 e. The van der Waals surface area contributed by atoms with E-state index in [0.717, 1.165) is 11.8 Å². The average Bonchev–Trinajstić information content (AvgIpc) is 2.52. The van der Waals surface area contributed by atoms with Crippen molar-refractivity contribution in [1.82, 2.24) is 0 Å². The van der Waals surface area contributed by atoms with Crippen LogP contribution in [0.4, 0.5) is 0 Å². The van der Waals surface area contributed by atoms with Crippen molar-refractivity contribution in [3.63, 3.8) is 0 Å². The second-order valence-corrected chi connectivity index (χ2v) is 9.60. The zero-order chi connectivity index (χ0) is 10.5. The van der Waals surface area contributed by atoms with Crippen LogP contribution >= 0.6 is 44.7 Å². The largest absolute Gasteiger partial charge is 0.303 e. The molecule has 80 valence electrons. The Morgan fingerprint density at radius 1 is 0.857 bits per heavy atom. The zero-order valence-electron chi connectivity index (χ0n) is 6.73. The summed E-state index contributed by atoms with van der Waals surface area (Å²) in [5.41, 5.74) is 0. The number of hydrogen-bond donors (Lipinski definition) is 4. The monoisotopic (exact) mass is 272 g/mol. The summed E-state index contributed by atoms with van der Waals surface area (Å²) in [4.78, 5) is 0. The minimum atomic E-state index is -6.06. The van der Waals surface area contributed by atoms with Crippen LogP contribution in [0, 0.1) is 0 Å². The molecule has 4 nitrogen and oxygen atoms in total. The van der Waals surface area contributed by atoms with Gasteiger partial charge in [0.2, 0.25) is 0 Å². The molecule has 0 amide bonds. The summed E-state index contributed by atoms with van der Waals surface area (Å²) in [6.45, 7) is 0. The molecule has 14 heavy (non-hydrogen) atoms. The molecule has 0 aliphatic carbocycles. The van der Waals surface area contributed by atoms with Crippen LogP contribution in [0.5, 0.6) is 0 Å². The van der Waals surface area contributed by atoms with Crippen molar-refractivity contribution in [2.75, 3.05) is 0 Å². The first-order valence-corrected chi connectivity index (χ1v) is 8.39. The molecule has 8 heteroatoms. The van der Waals surface area contributed by atoms with E-state index in [0.29, 0.717) is 9.65 Å². The van der Waals surface area contributed by atoms with E-state index >= 15 is 0 Å². The van der Waals surface area contributed by atoms with E-state index in [9.17, 15) is 18.2 Å². The quantitative estimate of drug-likeness (QED) is 0.529. The van der Waals surface area contributed by atoms with Crippen LogP contribution in [0.3, 0.4) is 0 Å². The molecular formula is C6H8O4S4. The molecule has 0 atom stereocenters. The van der Waals surface area contributed by atoms with Crippen LogP contribution in [0.25, 0.3) is 0 Å². The third-order valence-corrected chi connectivity index (χ3v) is 8.38.